The fourth-order valence-corrected chi connectivity index (χ4v) is 6.52. The van der Waals surface area contributed by atoms with E-state index >= 15 is 0 Å². The molecule has 3 heterocycles. The van der Waals surface area contributed by atoms with Crippen LogP contribution in [0.4, 0.5) is 0 Å². The average Bonchev–Trinajstić information content (AvgIpc) is 4.07. The van der Waals surface area contributed by atoms with E-state index in [9.17, 15) is 11.0 Å². The van der Waals surface area contributed by atoms with Gasteiger partial charge < -0.3 is 13.7 Å². The predicted molar refractivity (Wildman–Crippen MR) is 215 cm³/mol. The molecule has 0 amide bonds. The minimum Gasteiger partial charge on any atom is -0.309 e. The van der Waals surface area contributed by atoms with Gasteiger partial charge in [0.15, 0.2) is 0 Å². The average molecular weight is 676 g/mol. The van der Waals surface area contributed by atoms with E-state index in [1.54, 1.807) is 18.2 Å². The first kappa shape index (κ1) is 12.8. The Labute approximate surface area is 331 Å². The second-order valence-electron chi connectivity index (χ2n) is 11.4. The minimum atomic E-state index is -0.992. The van der Waals surface area contributed by atoms with Crippen molar-refractivity contribution in [1.29, 1.82) is 0 Å². The molecule has 0 radical (unpaired) electrons. The third-order valence-electron chi connectivity index (χ3n) is 8.67. The van der Waals surface area contributed by atoms with Crippen molar-refractivity contribution in [2.75, 3.05) is 0 Å². The minimum absolute atomic E-state index is 0.200. The van der Waals surface area contributed by atoms with E-state index in [-0.39, 0.29) is 11.1 Å². The van der Waals surface area contributed by atoms with Gasteiger partial charge >= 0.3 is 0 Å². The molecule has 11 rings (SSSR count). The number of aromatic nitrogens is 3. The summed E-state index contributed by atoms with van der Waals surface area (Å²) in [5.41, 5.74) is -5.85. The Bertz CT molecular complexity index is 4240. The van der Waals surface area contributed by atoms with Crippen LogP contribution in [0.25, 0.3) is 93.6 Å². The van der Waals surface area contributed by atoms with Crippen molar-refractivity contribution >= 4 is 65.4 Å². The summed E-state index contributed by atoms with van der Waals surface area (Å²) in [7, 11) is 0. The monoisotopic (exact) mass is 675 g/mol. The quantitative estimate of drug-likeness (QED) is 0.176. The number of para-hydroxylation sites is 4. The molecule has 0 fully saturated rings. The van der Waals surface area contributed by atoms with Crippen LogP contribution >= 0.6 is 0 Å². The summed E-state index contributed by atoms with van der Waals surface area (Å²) in [6, 6.07) is -14.1. The Balaban J connectivity index is 1.46. The molecule has 0 unspecified atom stereocenters. The fourth-order valence-electron chi connectivity index (χ4n) is 6.52. The smallest absolute Gasteiger partial charge is 0.0652 e. The normalized spacial score (nSPS) is 19.1. The van der Waals surface area contributed by atoms with Crippen molar-refractivity contribution < 1.29 is 35.6 Å². The van der Waals surface area contributed by atoms with Crippen LogP contribution in [-0.4, -0.2) is 13.7 Å². The lowest BCUT2D eigenvalue weighted by molar-refractivity contribution is 1.16. The third kappa shape index (κ3) is 4.12. The number of rotatable bonds is 4. The number of fused-ring (bicyclic) bond motifs is 9. The standard InChI is InChI=1S/C48H31N3/c1-2-13-32(14-3-1)33-15-12-16-34(29-33)49-47-27-25-35(50-43-21-8-4-17-37(43)38-18-5-9-22-44(38)50)30-41(47)42-31-36(26-28-48(42)49)51-45-23-10-6-19-39(45)40-20-7-11-24-46(40)51/h1-31H/i4D,5D,6D,7D,8D,9D,10D,11D,12D,15D,16D,17D,18D,19D,20D,21D,22D,23D,24D,25D,26D,27D,28D,29D,30D,31D. The van der Waals surface area contributed by atoms with Gasteiger partial charge in [-0.25, -0.2) is 0 Å². The van der Waals surface area contributed by atoms with Crippen molar-refractivity contribution in [2.24, 2.45) is 0 Å². The van der Waals surface area contributed by atoms with Crippen LogP contribution in [-0.2, 0) is 0 Å². The maximum Gasteiger partial charge on any atom is 0.0652 e. The van der Waals surface area contributed by atoms with Gasteiger partial charge in [-0.2, -0.15) is 0 Å². The van der Waals surface area contributed by atoms with Gasteiger partial charge in [0, 0.05) is 49.4 Å². The van der Waals surface area contributed by atoms with E-state index in [0.29, 0.717) is 0 Å². The molecule has 51 heavy (non-hydrogen) atoms. The molecule has 0 saturated heterocycles. The van der Waals surface area contributed by atoms with E-state index in [1.165, 1.54) is 12.1 Å². The number of benzene rings is 8. The molecule has 0 N–H and O–H groups in total. The van der Waals surface area contributed by atoms with Crippen LogP contribution < -0.4 is 0 Å². The van der Waals surface area contributed by atoms with Gasteiger partial charge in [0.25, 0.3) is 0 Å². The Morgan fingerprint density at radius 2 is 0.686 bits per heavy atom. The second-order valence-corrected chi connectivity index (χ2v) is 11.4. The van der Waals surface area contributed by atoms with Gasteiger partial charge in [-0.15, -0.1) is 0 Å². The van der Waals surface area contributed by atoms with Crippen LogP contribution in [0, 0.1) is 0 Å². The van der Waals surface area contributed by atoms with Crippen molar-refractivity contribution in [2.45, 2.75) is 0 Å². The van der Waals surface area contributed by atoms with Crippen molar-refractivity contribution in [3.63, 3.8) is 0 Å². The molecule has 3 heteroatoms. The molecule has 0 spiro atoms. The Kier molecular flexibility index (Phi) is 2.72. The zero-order valence-electron chi connectivity index (χ0n) is 51.7. The lowest BCUT2D eigenvalue weighted by atomic mass is 10.1. The molecular formula is C48H31N3. The van der Waals surface area contributed by atoms with Gasteiger partial charge in [-0.05, 0) is 83.6 Å². The molecule has 0 aliphatic rings. The summed E-state index contributed by atoms with van der Waals surface area (Å²) in [6.45, 7) is 0. The molecule has 0 saturated carbocycles. The highest BCUT2D eigenvalue weighted by Crippen LogP contribution is 2.39. The Morgan fingerprint density at radius 3 is 1.14 bits per heavy atom. The van der Waals surface area contributed by atoms with Gasteiger partial charge in [-0.3, -0.25) is 0 Å². The van der Waals surface area contributed by atoms with Gasteiger partial charge in [0.1, 0.15) is 0 Å². The SMILES string of the molecule is [2H]c1c([2H])c(-c2ccccc2)c([2H])c(-n2c3c([2H])c([2H])c(-n4c5c([2H])c([2H])c([2H])c([2H])c5c5c([2H])c([2H])c([2H])c([2H])c54)c([2H])c3c3c([2H])c(-n4c5c([2H])c([2H])c([2H])c([2H])c5c5c([2H])c([2H])c([2H])c([2H])c54)c([2H])c([2H])c32)c1[2H]. The van der Waals surface area contributed by atoms with E-state index in [1.807, 2.05) is 0 Å². The van der Waals surface area contributed by atoms with Gasteiger partial charge in [-0.1, -0.05) is 115 Å². The van der Waals surface area contributed by atoms with Crippen LogP contribution in [0.1, 0.15) is 35.6 Å². The highest BCUT2D eigenvalue weighted by Gasteiger charge is 2.19. The zero-order chi connectivity index (χ0) is 56.1. The molecular weight excluding hydrogens is 619 g/mol. The molecule has 3 aromatic heterocycles. The van der Waals surface area contributed by atoms with Gasteiger partial charge in [0.05, 0.1) is 68.7 Å². The first-order valence-corrected chi connectivity index (χ1v) is 15.4. The predicted octanol–water partition coefficient (Wildman–Crippen LogP) is 12.6. The summed E-state index contributed by atoms with van der Waals surface area (Å²) in [5, 5.41) is -3.14. The first-order chi connectivity index (χ1) is 36.2. The largest absolute Gasteiger partial charge is 0.309 e. The van der Waals surface area contributed by atoms with Gasteiger partial charge in [0.2, 0.25) is 0 Å². The van der Waals surface area contributed by atoms with Crippen LogP contribution in [0.15, 0.2) is 187 Å². The van der Waals surface area contributed by atoms with Crippen molar-refractivity contribution in [3.05, 3.63) is 187 Å². The maximum absolute atomic E-state index is 10.2. The third-order valence-corrected chi connectivity index (χ3v) is 8.67. The molecule has 0 bridgehead atoms. The maximum atomic E-state index is 10.2. The lowest BCUT2D eigenvalue weighted by Gasteiger charge is -2.12. The topological polar surface area (TPSA) is 14.8 Å². The highest BCUT2D eigenvalue weighted by atomic mass is 15.0. The summed E-state index contributed by atoms with van der Waals surface area (Å²) in [5.74, 6) is 0. The first-order valence-electron chi connectivity index (χ1n) is 28.4. The molecule has 8 aromatic carbocycles. The van der Waals surface area contributed by atoms with E-state index in [0.717, 1.165) is 13.7 Å². The van der Waals surface area contributed by atoms with E-state index in [2.05, 4.69) is 0 Å². The Morgan fingerprint density at radius 1 is 0.294 bits per heavy atom. The molecule has 0 aliphatic heterocycles. The molecule has 0 aliphatic carbocycles. The van der Waals surface area contributed by atoms with Crippen LogP contribution in [0.2, 0.25) is 0 Å². The highest BCUT2D eigenvalue weighted by molar-refractivity contribution is 6.14. The fraction of sp³-hybridized carbons (Fsp3) is 0. The molecule has 238 valence electrons. The number of nitrogens with zero attached hydrogens (tertiary/aromatic N) is 3. The molecule has 3 nitrogen and oxygen atoms in total. The summed E-state index contributed by atoms with van der Waals surface area (Å²) < 4.78 is 241. The van der Waals surface area contributed by atoms with Crippen molar-refractivity contribution in [3.8, 4) is 28.2 Å². The summed E-state index contributed by atoms with van der Waals surface area (Å²) in [4.78, 5) is 0. The molecule has 11 aromatic rings. The van der Waals surface area contributed by atoms with Crippen LogP contribution in [0.3, 0.4) is 0 Å². The number of hydrogen-bond acceptors (Lipinski definition) is 0. The van der Waals surface area contributed by atoms with Crippen molar-refractivity contribution in [1.82, 2.24) is 13.7 Å². The van der Waals surface area contributed by atoms with E-state index in [4.69, 9.17) is 24.7 Å². The van der Waals surface area contributed by atoms with E-state index < -0.39 is 240 Å². The Hall–Kier alpha value is -6.84. The second kappa shape index (κ2) is 10.8. The lowest BCUT2D eigenvalue weighted by Crippen LogP contribution is -1.96. The molecule has 0 atom stereocenters. The summed E-state index contributed by atoms with van der Waals surface area (Å²) >= 11 is 0. The summed E-state index contributed by atoms with van der Waals surface area (Å²) in [6.07, 6.45) is 0. The van der Waals surface area contributed by atoms with Crippen LogP contribution in [0.5, 0.6) is 0 Å². The zero-order valence-corrected chi connectivity index (χ0v) is 25.7. The number of hydrogen-bond donors (Lipinski definition) is 0.